The highest BCUT2D eigenvalue weighted by atomic mass is 28.3. The molecule has 0 nitrogen and oxygen atoms in total. The number of rotatable bonds is 8. The Kier molecular flexibility index (Phi) is 8.87. The lowest BCUT2D eigenvalue weighted by atomic mass is 10.1. The smallest absolute Gasteiger partial charge is 0.0959 e. The molecule has 1 aromatic carbocycles. The molecule has 0 aliphatic carbocycles. The minimum Gasteiger partial charge on any atom is -0.115 e. The molecule has 0 radical (unpaired) electrons. The fraction of sp³-hybridized carbons (Fsp3) is 0.643. The Morgan fingerprint density at radius 2 is 0.700 bits per heavy atom. The monoisotopic (exact) mass is 438 g/mol. The molecule has 0 heterocycles. The fourth-order valence-corrected chi connectivity index (χ4v) is 21.2. The summed E-state index contributed by atoms with van der Waals surface area (Å²) < 4.78 is 0. The fourth-order valence-electron chi connectivity index (χ4n) is 7.42. The van der Waals surface area contributed by atoms with Crippen molar-refractivity contribution in [3.8, 4) is 24.7 Å². The predicted molar refractivity (Wildman–Crippen MR) is 144 cm³/mol. The summed E-state index contributed by atoms with van der Waals surface area (Å²) in [6.07, 6.45) is 12.4. The zero-order chi connectivity index (χ0) is 23.6. The van der Waals surface area contributed by atoms with Crippen LogP contribution in [0.5, 0.6) is 0 Å². The minimum atomic E-state index is -1.90. The molecule has 1 rings (SSSR count). The second-order valence-corrected chi connectivity index (χ2v) is 22.8. The van der Waals surface area contributed by atoms with E-state index in [1.54, 1.807) is 0 Å². The van der Waals surface area contributed by atoms with Gasteiger partial charge >= 0.3 is 0 Å². The third-order valence-electron chi connectivity index (χ3n) is 8.13. The van der Waals surface area contributed by atoms with Crippen molar-refractivity contribution in [3.63, 3.8) is 0 Å². The van der Waals surface area contributed by atoms with Crippen LogP contribution in [0.1, 0.15) is 94.2 Å². The van der Waals surface area contributed by atoms with E-state index in [-0.39, 0.29) is 0 Å². The van der Waals surface area contributed by atoms with E-state index in [1.165, 1.54) is 10.4 Å². The van der Waals surface area contributed by atoms with Crippen molar-refractivity contribution in [1.29, 1.82) is 0 Å². The summed E-state index contributed by atoms with van der Waals surface area (Å²) in [6.45, 7) is 28.7. The van der Waals surface area contributed by atoms with Crippen LogP contribution in [-0.2, 0) is 0 Å². The van der Waals surface area contributed by atoms with E-state index in [4.69, 9.17) is 12.8 Å². The van der Waals surface area contributed by atoms with Gasteiger partial charge in [-0.3, -0.25) is 0 Å². The Hall–Kier alpha value is -1.23. The van der Waals surface area contributed by atoms with Gasteiger partial charge in [-0.15, -0.1) is 12.8 Å². The van der Waals surface area contributed by atoms with Gasteiger partial charge in [-0.05, 0) is 55.8 Å². The first kappa shape index (κ1) is 26.8. The Bertz CT molecular complexity index is 697. The van der Waals surface area contributed by atoms with Crippen molar-refractivity contribution in [2.24, 2.45) is 0 Å². The maximum atomic E-state index is 6.22. The maximum Gasteiger partial charge on any atom is 0.0959 e. The van der Waals surface area contributed by atoms with Gasteiger partial charge in [0, 0.05) is 11.1 Å². The molecule has 0 bridgehead atoms. The normalized spacial score (nSPS) is 13.1. The van der Waals surface area contributed by atoms with Gasteiger partial charge < -0.3 is 0 Å². The van der Waals surface area contributed by atoms with Crippen LogP contribution < -0.4 is 10.4 Å². The topological polar surface area (TPSA) is 0 Å². The maximum absolute atomic E-state index is 6.22. The second kappa shape index (κ2) is 9.93. The van der Waals surface area contributed by atoms with E-state index in [0.717, 1.165) is 11.1 Å². The van der Waals surface area contributed by atoms with Gasteiger partial charge in [0.1, 0.15) is 0 Å². The Labute approximate surface area is 190 Å². The molecule has 0 saturated carbocycles. The lowest BCUT2D eigenvalue weighted by molar-refractivity contribution is 0.832. The highest BCUT2D eigenvalue weighted by molar-refractivity contribution is 6.97. The molecule has 0 N–H and O–H groups in total. The van der Waals surface area contributed by atoms with E-state index >= 15 is 0 Å². The summed E-state index contributed by atoms with van der Waals surface area (Å²) in [6, 6.07) is 4.76. The van der Waals surface area contributed by atoms with Crippen molar-refractivity contribution in [2.45, 2.75) is 116 Å². The molecular weight excluding hydrogens is 392 g/mol. The Morgan fingerprint density at radius 3 is 0.833 bits per heavy atom. The predicted octanol–water partition coefficient (Wildman–Crippen LogP) is 7.42. The summed E-state index contributed by atoms with van der Waals surface area (Å²) in [5.74, 6) is 6.27. The summed E-state index contributed by atoms with van der Waals surface area (Å²) >= 11 is 0. The van der Waals surface area contributed by atoms with Crippen molar-refractivity contribution >= 4 is 26.5 Å². The average Bonchev–Trinajstić information content (AvgIpc) is 2.61. The third-order valence-corrected chi connectivity index (χ3v) is 22.3. The van der Waals surface area contributed by atoms with E-state index in [9.17, 15) is 0 Å². The second-order valence-electron chi connectivity index (χ2n) is 11.0. The zero-order valence-electron chi connectivity index (χ0n) is 21.8. The number of terminal acetylenes is 2. The molecule has 0 amide bonds. The first-order valence-electron chi connectivity index (χ1n) is 11.9. The zero-order valence-corrected chi connectivity index (χ0v) is 23.8. The van der Waals surface area contributed by atoms with Crippen molar-refractivity contribution < 1.29 is 0 Å². The number of hydrogen-bond acceptors (Lipinski definition) is 0. The van der Waals surface area contributed by atoms with Crippen LogP contribution in [0.3, 0.4) is 0 Å². The summed E-state index contributed by atoms with van der Waals surface area (Å²) in [4.78, 5) is 0. The van der Waals surface area contributed by atoms with E-state index in [0.29, 0.717) is 33.2 Å². The van der Waals surface area contributed by atoms with Gasteiger partial charge in [-0.25, -0.2) is 0 Å². The summed E-state index contributed by atoms with van der Waals surface area (Å²) in [5, 5.41) is 2.83. The van der Waals surface area contributed by atoms with Crippen LogP contribution in [-0.4, -0.2) is 16.1 Å². The van der Waals surface area contributed by atoms with Gasteiger partial charge in [-0.2, -0.15) is 0 Å². The highest BCUT2D eigenvalue weighted by Gasteiger charge is 2.49. The number of hydrogen-bond donors (Lipinski definition) is 0. The number of benzene rings is 1. The molecule has 0 unspecified atom stereocenters. The van der Waals surface area contributed by atoms with E-state index in [2.05, 4.69) is 107 Å². The molecule has 0 aliphatic rings. The molecule has 0 spiro atoms. The molecule has 1 aromatic rings. The van der Waals surface area contributed by atoms with Crippen LogP contribution in [0.4, 0.5) is 0 Å². The third kappa shape index (κ3) is 3.99. The summed E-state index contributed by atoms with van der Waals surface area (Å²) in [7, 11) is -3.81. The average molecular weight is 439 g/mol. The Morgan fingerprint density at radius 1 is 0.500 bits per heavy atom. The first-order chi connectivity index (χ1) is 13.8. The van der Waals surface area contributed by atoms with Crippen LogP contribution in [0.15, 0.2) is 12.1 Å². The van der Waals surface area contributed by atoms with Crippen LogP contribution in [0.25, 0.3) is 0 Å². The lowest BCUT2D eigenvalue weighted by Crippen LogP contribution is -2.60. The van der Waals surface area contributed by atoms with Crippen molar-refractivity contribution in [3.05, 3.63) is 23.3 Å². The Balaban J connectivity index is 4.18. The van der Waals surface area contributed by atoms with Gasteiger partial charge in [0.25, 0.3) is 0 Å². The van der Waals surface area contributed by atoms with Gasteiger partial charge in [0.15, 0.2) is 0 Å². The quantitative estimate of drug-likeness (QED) is 0.292. The summed E-state index contributed by atoms with van der Waals surface area (Å²) in [5.41, 5.74) is 5.83. The lowest BCUT2D eigenvalue weighted by Gasteiger charge is -2.47. The van der Waals surface area contributed by atoms with E-state index in [1.807, 2.05) is 0 Å². The highest BCUT2D eigenvalue weighted by Crippen LogP contribution is 2.44. The van der Waals surface area contributed by atoms with Crippen molar-refractivity contribution in [2.75, 3.05) is 0 Å². The SMILES string of the molecule is C#Cc1cc([Si](C(C)C)(C(C)C)C(C)C)c(C#C)cc1[Si](C(C)C)(C(C)C)C(C)C. The van der Waals surface area contributed by atoms with Gasteiger partial charge in [0.2, 0.25) is 0 Å². The molecule has 0 aliphatic heterocycles. The van der Waals surface area contributed by atoms with E-state index < -0.39 is 16.1 Å². The molecule has 166 valence electrons. The van der Waals surface area contributed by atoms with Crippen LogP contribution >= 0.6 is 0 Å². The van der Waals surface area contributed by atoms with Crippen molar-refractivity contribution in [1.82, 2.24) is 0 Å². The molecule has 0 saturated heterocycles. The largest absolute Gasteiger partial charge is 0.115 e. The van der Waals surface area contributed by atoms with Gasteiger partial charge in [0.05, 0.1) is 16.1 Å². The van der Waals surface area contributed by atoms with Crippen LogP contribution in [0, 0.1) is 24.7 Å². The molecule has 0 fully saturated rings. The molecule has 30 heavy (non-hydrogen) atoms. The first-order valence-corrected chi connectivity index (χ1v) is 16.4. The molecule has 0 aromatic heterocycles. The van der Waals surface area contributed by atoms with Crippen LogP contribution in [0.2, 0.25) is 33.2 Å². The molecular formula is C28H46Si2. The molecule has 0 atom stereocenters. The van der Waals surface area contributed by atoms with Gasteiger partial charge in [-0.1, -0.05) is 94.9 Å². The minimum absolute atomic E-state index is 0.600. The molecule has 2 heteroatoms. The standard InChI is InChI=1S/C28H46Si2/c1-15-25-17-28(30(22(9)10,23(11)12)24(13)14)26(16-2)18-27(25)29(19(3)4,20(5)6)21(7)8/h1-2,17-24H,3-14H3.